The fourth-order valence-corrected chi connectivity index (χ4v) is 7.33. The Morgan fingerprint density at radius 2 is 0.898 bits per heavy atom. The zero-order valence-electron chi connectivity index (χ0n) is 27.0. The summed E-state index contributed by atoms with van der Waals surface area (Å²) in [6, 6.07) is 72.6. The number of benzene rings is 9. The zero-order chi connectivity index (χ0) is 32.6. The first-order chi connectivity index (χ1) is 24.3. The minimum Gasteiger partial charge on any atom is -0.310 e. The molecule has 0 unspecified atom stereocenters. The Hall–Kier alpha value is -6.44. The Bertz CT molecular complexity index is 2600. The van der Waals surface area contributed by atoms with Gasteiger partial charge in [0.25, 0.3) is 0 Å². The highest BCUT2D eigenvalue weighted by molar-refractivity contribution is 6.16. The van der Waals surface area contributed by atoms with E-state index in [2.05, 4.69) is 205 Å². The molecule has 0 aromatic heterocycles. The molecule has 0 aliphatic rings. The van der Waals surface area contributed by atoms with Crippen LogP contribution in [0.5, 0.6) is 0 Å². The van der Waals surface area contributed by atoms with Crippen LogP contribution < -0.4 is 4.90 Å². The Balaban J connectivity index is 1.38. The molecule has 0 saturated heterocycles. The summed E-state index contributed by atoms with van der Waals surface area (Å²) in [4.78, 5) is 2.43. The van der Waals surface area contributed by atoms with Crippen LogP contribution in [0, 0.1) is 0 Å². The van der Waals surface area contributed by atoms with Crippen LogP contribution in [-0.2, 0) is 0 Å². The summed E-state index contributed by atoms with van der Waals surface area (Å²) in [5, 5.41) is 7.46. The monoisotopic (exact) mass is 623 g/mol. The Morgan fingerprint density at radius 1 is 0.286 bits per heavy atom. The topological polar surface area (TPSA) is 3.24 Å². The quantitative estimate of drug-likeness (QED) is 0.167. The highest BCUT2D eigenvalue weighted by Gasteiger charge is 2.23. The van der Waals surface area contributed by atoms with Gasteiger partial charge in [-0.3, -0.25) is 0 Å². The van der Waals surface area contributed by atoms with Crippen molar-refractivity contribution in [3.8, 4) is 33.4 Å². The summed E-state index contributed by atoms with van der Waals surface area (Å²) >= 11 is 0. The van der Waals surface area contributed by atoms with Crippen molar-refractivity contribution in [2.24, 2.45) is 0 Å². The number of hydrogen-bond acceptors (Lipinski definition) is 1. The molecule has 0 radical (unpaired) electrons. The SMILES string of the molecule is c1ccc(-c2cccc(N(c3ccccc3)c3cccc(-c4ccc5ccccc5c4)c3-c3cc4ccccc4c4ccccc34)c2)cc1. The third-order valence-corrected chi connectivity index (χ3v) is 9.61. The third kappa shape index (κ3) is 5.23. The van der Waals surface area contributed by atoms with Crippen LogP contribution in [0.25, 0.3) is 65.7 Å². The van der Waals surface area contributed by atoms with Crippen LogP contribution in [-0.4, -0.2) is 0 Å². The number of hydrogen-bond donors (Lipinski definition) is 0. The van der Waals surface area contributed by atoms with Gasteiger partial charge in [-0.25, -0.2) is 0 Å². The van der Waals surface area contributed by atoms with E-state index in [9.17, 15) is 0 Å². The minimum absolute atomic E-state index is 1.11. The van der Waals surface area contributed by atoms with Crippen LogP contribution in [0.2, 0.25) is 0 Å². The van der Waals surface area contributed by atoms with Gasteiger partial charge < -0.3 is 4.90 Å². The van der Waals surface area contributed by atoms with Crippen molar-refractivity contribution in [1.29, 1.82) is 0 Å². The van der Waals surface area contributed by atoms with Crippen LogP contribution in [0.4, 0.5) is 17.1 Å². The first-order valence-corrected chi connectivity index (χ1v) is 16.9. The van der Waals surface area contributed by atoms with Crippen molar-refractivity contribution in [2.75, 3.05) is 4.90 Å². The summed E-state index contributed by atoms with van der Waals surface area (Å²) < 4.78 is 0. The summed E-state index contributed by atoms with van der Waals surface area (Å²) in [7, 11) is 0. The number of nitrogens with zero attached hydrogens (tertiary/aromatic N) is 1. The van der Waals surface area contributed by atoms with Gasteiger partial charge in [-0.05, 0) is 103 Å². The maximum Gasteiger partial charge on any atom is 0.0546 e. The average Bonchev–Trinajstić information content (AvgIpc) is 3.18. The van der Waals surface area contributed by atoms with Gasteiger partial charge >= 0.3 is 0 Å². The molecule has 0 fully saturated rings. The predicted molar refractivity (Wildman–Crippen MR) is 210 cm³/mol. The molecule has 1 heteroatoms. The molecular weight excluding hydrogens is 591 g/mol. The fourth-order valence-electron chi connectivity index (χ4n) is 7.33. The lowest BCUT2D eigenvalue weighted by Crippen LogP contribution is -2.12. The van der Waals surface area contributed by atoms with Gasteiger partial charge in [0.2, 0.25) is 0 Å². The fraction of sp³-hybridized carbons (Fsp3) is 0. The first kappa shape index (κ1) is 28.8. The van der Waals surface area contributed by atoms with E-state index in [1.807, 2.05) is 0 Å². The summed E-state index contributed by atoms with van der Waals surface area (Å²) in [6.45, 7) is 0. The van der Waals surface area contributed by atoms with Crippen molar-refractivity contribution in [3.05, 3.63) is 200 Å². The van der Waals surface area contributed by atoms with Gasteiger partial charge in [-0.15, -0.1) is 0 Å². The van der Waals surface area contributed by atoms with Gasteiger partial charge in [0.1, 0.15) is 0 Å². The Kier molecular flexibility index (Phi) is 7.22. The van der Waals surface area contributed by atoms with E-state index in [4.69, 9.17) is 0 Å². The number of anilines is 3. The summed E-state index contributed by atoms with van der Waals surface area (Å²) in [6.07, 6.45) is 0. The smallest absolute Gasteiger partial charge is 0.0546 e. The van der Waals surface area contributed by atoms with Crippen LogP contribution >= 0.6 is 0 Å². The lowest BCUT2D eigenvalue weighted by Gasteiger charge is -2.30. The molecule has 0 amide bonds. The Labute approximate surface area is 287 Å². The standard InChI is InChI=1S/C48H33N/c1-3-15-34(16-4-1)37-20-13-23-41(32-37)49(40-21-5-2-6-22-40)47-28-14-27-43(39-30-29-35-17-7-8-18-36(35)31-39)48(47)46-33-38-19-9-10-24-42(38)44-25-11-12-26-45(44)46/h1-33H. The summed E-state index contributed by atoms with van der Waals surface area (Å²) in [5.41, 5.74) is 10.5. The highest BCUT2D eigenvalue weighted by atomic mass is 15.1. The lowest BCUT2D eigenvalue weighted by atomic mass is 9.87. The lowest BCUT2D eigenvalue weighted by molar-refractivity contribution is 1.28. The molecule has 0 bridgehead atoms. The number of rotatable bonds is 6. The second-order valence-electron chi connectivity index (χ2n) is 12.5. The van der Waals surface area contributed by atoms with Gasteiger partial charge in [-0.2, -0.15) is 0 Å². The van der Waals surface area contributed by atoms with E-state index in [1.54, 1.807) is 0 Å². The minimum atomic E-state index is 1.11. The molecule has 49 heavy (non-hydrogen) atoms. The second kappa shape index (κ2) is 12.3. The molecule has 0 heterocycles. The zero-order valence-corrected chi connectivity index (χ0v) is 27.0. The van der Waals surface area contributed by atoms with Crippen LogP contribution in [0.15, 0.2) is 200 Å². The van der Waals surface area contributed by atoms with Crippen molar-refractivity contribution < 1.29 is 0 Å². The molecule has 230 valence electrons. The normalized spacial score (nSPS) is 11.3. The van der Waals surface area contributed by atoms with Gasteiger partial charge in [-0.1, -0.05) is 158 Å². The van der Waals surface area contributed by atoms with Gasteiger partial charge in [0.05, 0.1) is 5.69 Å². The maximum atomic E-state index is 2.43. The van der Waals surface area contributed by atoms with E-state index < -0.39 is 0 Å². The largest absolute Gasteiger partial charge is 0.310 e. The van der Waals surface area contributed by atoms with Crippen molar-refractivity contribution in [3.63, 3.8) is 0 Å². The number of fused-ring (bicyclic) bond motifs is 4. The molecular formula is C48H33N. The van der Waals surface area contributed by atoms with Crippen molar-refractivity contribution in [1.82, 2.24) is 0 Å². The van der Waals surface area contributed by atoms with E-state index >= 15 is 0 Å². The molecule has 0 spiro atoms. The first-order valence-electron chi connectivity index (χ1n) is 16.9. The number of para-hydroxylation sites is 1. The van der Waals surface area contributed by atoms with Crippen LogP contribution in [0.3, 0.4) is 0 Å². The molecule has 0 aliphatic carbocycles. The molecule has 9 aromatic carbocycles. The molecule has 0 atom stereocenters. The molecule has 0 saturated carbocycles. The molecule has 9 rings (SSSR count). The van der Waals surface area contributed by atoms with Crippen molar-refractivity contribution >= 4 is 49.4 Å². The highest BCUT2D eigenvalue weighted by Crippen LogP contribution is 2.48. The molecule has 0 N–H and O–H groups in total. The van der Waals surface area contributed by atoms with E-state index in [0.29, 0.717) is 0 Å². The van der Waals surface area contributed by atoms with Gasteiger partial charge in [0, 0.05) is 16.9 Å². The van der Waals surface area contributed by atoms with E-state index in [0.717, 1.165) is 17.1 Å². The van der Waals surface area contributed by atoms with E-state index in [1.165, 1.54) is 65.7 Å². The Morgan fingerprint density at radius 3 is 1.71 bits per heavy atom. The second-order valence-corrected chi connectivity index (χ2v) is 12.5. The van der Waals surface area contributed by atoms with E-state index in [-0.39, 0.29) is 0 Å². The third-order valence-electron chi connectivity index (χ3n) is 9.61. The van der Waals surface area contributed by atoms with Crippen molar-refractivity contribution in [2.45, 2.75) is 0 Å². The molecule has 1 nitrogen and oxygen atoms in total. The average molecular weight is 624 g/mol. The maximum absolute atomic E-state index is 2.43. The molecule has 9 aromatic rings. The van der Waals surface area contributed by atoms with Crippen LogP contribution in [0.1, 0.15) is 0 Å². The summed E-state index contributed by atoms with van der Waals surface area (Å²) in [5.74, 6) is 0. The predicted octanol–water partition coefficient (Wildman–Crippen LogP) is 13.6. The van der Waals surface area contributed by atoms with Gasteiger partial charge in [0.15, 0.2) is 0 Å². The molecule has 0 aliphatic heterocycles.